The van der Waals surface area contributed by atoms with Gasteiger partial charge in [-0.2, -0.15) is 26.3 Å². The molecule has 3 aromatic rings. The Labute approximate surface area is 193 Å². The van der Waals surface area contributed by atoms with E-state index in [1.165, 1.54) is 18.2 Å². The van der Waals surface area contributed by atoms with Gasteiger partial charge in [-0.15, -0.1) is 0 Å². The minimum atomic E-state index is -5.81. The molecular weight excluding hydrogens is 488 g/mol. The highest BCUT2D eigenvalue weighted by molar-refractivity contribution is 5.95. The van der Waals surface area contributed by atoms with E-state index >= 15 is 0 Å². The summed E-state index contributed by atoms with van der Waals surface area (Å²) in [4.78, 5) is 24.7. The maximum Gasteiger partial charge on any atom is 0.434 e. The SMILES string of the molecule is COC(=O)[C@@](O)(c1c(-c2ccccc2)c([C@@](O)(C(=O)OC)C(F)(F)F)c2ccccn12)C(F)(F)F. The highest BCUT2D eigenvalue weighted by atomic mass is 19.4. The van der Waals surface area contributed by atoms with Crippen molar-refractivity contribution in [1.29, 1.82) is 0 Å². The Balaban J connectivity index is 2.73. The number of benzene rings is 1. The molecule has 0 spiro atoms. The maximum absolute atomic E-state index is 14.3. The molecule has 0 saturated heterocycles. The molecule has 0 fully saturated rings. The van der Waals surface area contributed by atoms with Gasteiger partial charge in [-0.05, 0) is 17.7 Å². The standard InChI is InChI=1S/C22H17F6NO6/c1-34-17(30)19(32,21(23,24)25)15-13-10-6-7-11-29(13)16(14(15)12-8-4-3-5-9-12)20(33,18(31)35-2)22(26,27)28/h3-11,32-33H,1-2H3/t19-,20+/m1/s1. The summed E-state index contributed by atoms with van der Waals surface area (Å²) in [5.74, 6) is -4.51. The lowest BCUT2D eigenvalue weighted by molar-refractivity contribution is -0.268. The summed E-state index contributed by atoms with van der Waals surface area (Å²) < 4.78 is 94.4. The van der Waals surface area contributed by atoms with E-state index in [2.05, 4.69) is 9.47 Å². The second-order valence-corrected chi connectivity index (χ2v) is 7.32. The van der Waals surface area contributed by atoms with Crippen molar-refractivity contribution in [2.24, 2.45) is 0 Å². The van der Waals surface area contributed by atoms with E-state index in [1.54, 1.807) is 0 Å². The third kappa shape index (κ3) is 3.71. The van der Waals surface area contributed by atoms with Crippen LogP contribution in [0, 0.1) is 0 Å². The third-order valence-corrected chi connectivity index (χ3v) is 5.39. The van der Waals surface area contributed by atoms with Crippen molar-refractivity contribution in [3.8, 4) is 11.1 Å². The number of rotatable bonds is 5. The molecule has 13 heteroatoms. The number of ether oxygens (including phenoxy) is 2. The van der Waals surface area contributed by atoms with Gasteiger partial charge in [0.1, 0.15) is 0 Å². The van der Waals surface area contributed by atoms with Crippen LogP contribution in [0.15, 0.2) is 54.7 Å². The smallest absolute Gasteiger partial charge is 0.434 e. The van der Waals surface area contributed by atoms with E-state index in [4.69, 9.17) is 0 Å². The third-order valence-electron chi connectivity index (χ3n) is 5.39. The molecule has 0 unspecified atom stereocenters. The van der Waals surface area contributed by atoms with Crippen LogP contribution in [0.25, 0.3) is 16.6 Å². The van der Waals surface area contributed by atoms with Crippen LogP contribution in [-0.4, -0.2) is 53.1 Å². The number of aliphatic hydroxyl groups is 2. The molecule has 0 aliphatic rings. The fourth-order valence-corrected chi connectivity index (χ4v) is 3.82. The molecule has 7 nitrogen and oxygen atoms in total. The van der Waals surface area contributed by atoms with Crippen molar-refractivity contribution in [2.45, 2.75) is 23.6 Å². The first kappa shape index (κ1) is 26.0. The van der Waals surface area contributed by atoms with E-state index in [0.717, 1.165) is 36.5 Å². The molecule has 188 valence electrons. The van der Waals surface area contributed by atoms with E-state index in [1.807, 2.05) is 0 Å². The summed E-state index contributed by atoms with van der Waals surface area (Å²) in [7, 11) is 1.08. The summed E-state index contributed by atoms with van der Waals surface area (Å²) in [6.45, 7) is 0. The van der Waals surface area contributed by atoms with Gasteiger partial charge >= 0.3 is 24.3 Å². The number of carbonyl (C=O) groups excluding carboxylic acids is 2. The van der Waals surface area contributed by atoms with Gasteiger partial charge < -0.3 is 24.1 Å². The van der Waals surface area contributed by atoms with Crippen LogP contribution in [0.2, 0.25) is 0 Å². The predicted molar refractivity (Wildman–Crippen MR) is 107 cm³/mol. The first-order chi connectivity index (χ1) is 16.2. The quantitative estimate of drug-likeness (QED) is 0.408. The zero-order valence-corrected chi connectivity index (χ0v) is 17.9. The number of aromatic nitrogens is 1. The largest absolute Gasteiger partial charge is 0.466 e. The van der Waals surface area contributed by atoms with E-state index in [0.29, 0.717) is 18.6 Å². The molecule has 0 aliphatic heterocycles. The van der Waals surface area contributed by atoms with Gasteiger partial charge in [0.05, 0.1) is 25.4 Å². The van der Waals surface area contributed by atoms with E-state index in [-0.39, 0.29) is 5.56 Å². The first-order valence-corrected chi connectivity index (χ1v) is 9.62. The minimum absolute atomic E-state index is 0.389. The Hall–Kier alpha value is -3.58. The van der Waals surface area contributed by atoms with Crippen molar-refractivity contribution < 1.29 is 55.6 Å². The minimum Gasteiger partial charge on any atom is -0.466 e. The van der Waals surface area contributed by atoms with Crippen LogP contribution in [0.3, 0.4) is 0 Å². The van der Waals surface area contributed by atoms with E-state index in [9.17, 15) is 46.1 Å². The molecule has 35 heavy (non-hydrogen) atoms. The molecule has 0 aliphatic carbocycles. The summed E-state index contributed by atoms with van der Waals surface area (Å²) in [5, 5.41) is 21.6. The van der Waals surface area contributed by atoms with Gasteiger partial charge in [0.2, 0.25) is 0 Å². The first-order valence-electron chi connectivity index (χ1n) is 9.62. The Bertz CT molecular complexity index is 1190. The molecule has 2 heterocycles. The average Bonchev–Trinajstić information content (AvgIpc) is 3.16. The average molecular weight is 505 g/mol. The fourth-order valence-electron chi connectivity index (χ4n) is 3.82. The van der Waals surface area contributed by atoms with Crippen molar-refractivity contribution >= 4 is 17.5 Å². The zero-order valence-electron chi connectivity index (χ0n) is 17.9. The van der Waals surface area contributed by atoms with Crippen molar-refractivity contribution in [3.63, 3.8) is 0 Å². The molecule has 1 aromatic carbocycles. The fraction of sp³-hybridized carbons (Fsp3) is 0.273. The van der Waals surface area contributed by atoms with Gasteiger partial charge in [0, 0.05) is 17.3 Å². The number of hydrogen-bond acceptors (Lipinski definition) is 6. The summed E-state index contributed by atoms with van der Waals surface area (Å²) in [6.07, 6.45) is -10.8. The lowest BCUT2D eigenvalue weighted by atomic mass is 9.83. The number of hydrogen-bond donors (Lipinski definition) is 2. The highest BCUT2D eigenvalue weighted by Gasteiger charge is 2.68. The molecule has 0 saturated carbocycles. The van der Waals surface area contributed by atoms with Gasteiger partial charge in [-0.25, -0.2) is 9.59 Å². The lowest BCUT2D eigenvalue weighted by Gasteiger charge is -2.31. The van der Waals surface area contributed by atoms with E-state index < -0.39 is 57.8 Å². The van der Waals surface area contributed by atoms with Crippen LogP contribution >= 0.6 is 0 Å². The van der Waals surface area contributed by atoms with Gasteiger partial charge in [-0.3, -0.25) is 0 Å². The maximum atomic E-state index is 14.3. The summed E-state index contributed by atoms with van der Waals surface area (Å²) >= 11 is 0. The van der Waals surface area contributed by atoms with Gasteiger partial charge in [0.25, 0.3) is 11.2 Å². The molecule has 3 rings (SSSR count). The Morgan fingerprint density at radius 3 is 1.74 bits per heavy atom. The number of methoxy groups -OCH3 is 2. The number of carbonyl (C=O) groups is 2. The second kappa shape index (κ2) is 8.57. The highest BCUT2D eigenvalue weighted by Crippen LogP contribution is 2.52. The summed E-state index contributed by atoms with van der Waals surface area (Å²) in [6, 6.07) is 9.14. The van der Waals surface area contributed by atoms with Crippen LogP contribution in [0.5, 0.6) is 0 Å². The topological polar surface area (TPSA) is 97.5 Å². The predicted octanol–water partition coefficient (Wildman–Crippen LogP) is 3.45. The van der Waals surface area contributed by atoms with Crippen LogP contribution < -0.4 is 0 Å². The second-order valence-electron chi connectivity index (χ2n) is 7.32. The van der Waals surface area contributed by atoms with Crippen LogP contribution in [-0.2, 0) is 30.3 Å². The molecular formula is C22H17F6NO6. The van der Waals surface area contributed by atoms with Crippen LogP contribution in [0.1, 0.15) is 11.3 Å². The lowest BCUT2D eigenvalue weighted by Crippen LogP contribution is -2.51. The Morgan fingerprint density at radius 2 is 1.26 bits per heavy atom. The van der Waals surface area contributed by atoms with Crippen LogP contribution in [0.4, 0.5) is 26.3 Å². The van der Waals surface area contributed by atoms with Crippen molar-refractivity contribution in [1.82, 2.24) is 4.40 Å². The monoisotopic (exact) mass is 505 g/mol. The van der Waals surface area contributed by atoms with Crippen molar-refractivity contribution in [3.05, 3.63) is 66.0 Å². The van der Waals surface area contributed by atoms with Gasteiger partial charge in [-0.1, -0.05) is 36.4 Å². The number of esters is 2. The molecule has 0 radical (unpaired) electrons. The molecule has 0 amide bonds. The number of halogens is 6. The zero-order chi connectivity index (χ0) is 26.4. The Morgan fingerprint density at radius 1 is 0.771 bits per heavy atom. The van der Waals surface area contributed by atoms with Gasteiger partial charge in [0.15, 0.2) is 0 Å². The number of pyridine rings is 1. The molecule has 2 aromatic heterocycles. The Kier molecular flexibility index (Phi) is 6.38. The molecule has 0 bridgehead atoms. The number of fused-ring (bicyclic) bond motifs is 1. The molecule has 2 N–H and O–H groups in total. The molecule has 2 atom stereocenters. The van der Waals surface area contributed by atoms with Crippen molar-refractivity contribution in [2.75, 3.05) is 14.2 Å². The number of nitrogens with zero attached hydrogens (tertiary/aromatic N) is 1. The number of alkyl halides is 6. The summed E-state index contributed by atoms with van der Waals surface area (Å²) in [5.41, 5.74) is -14.1. The normalized spacial score (nSPS) is 15.8.